The third-order valence-electron chi connectivity index (χ3n) is 5.48. The van der Waals surface area contributed by atoms with Crippen LogP contribution in [0.3, 0.4) is 0 Å². The Kier molecular flexibility index (Phi) is 6.35. The van der Waals surface area contributed by atoms with Gasteiger partial charge in [0.1, 0.15) is 17.4 Å². The van der Waals surface area contributed by atoms with E-state index in [0.717, 1.165) is 17.7 Å². The van der Waals surface area contributed by atoms with E-state index in [2.05, 4.69) is 25.3 Å². The second-order valence-electron chi connectivity index (χ2n) is 8.29. The summed E-state index contributed by atoms with van der Waals surface area (Å²) in [7, 11) is 5.35. The molecule has 2 heterocycles. The van der Waals surface area contributed by atoms with Crippen LogP contribution >= 0.6 is 0 Å². The summed E-state index contributed by atoms with van der Waals surface area (Å²) in [5.41, 5.74) is 7.86. The quantitative estimate of drug-likeness (QED) is 0.418. The van der Waals surface area contributed by atoms with Gasteiger partial charge in [0.05, 0.1) is 5.56 Å². The maximum absolute atomic E-state index is 13.0. The van der Waals surface area contributed by atoms with Crippen LogP contribution in [0.15, 0.2) is 48.8 Å². The van der Waals surface area contributed by atoms with Crippen LogP contribution in [0.25, 0.3) is 11.0 Å². The van der Waals surface area contributed by atoms with Gasteiger partial charge in [-0.3, -0.25) is 4.79 Å². The van der Waals surface area contributed by atoms with E-state index in [1.807, 2.05) is 6.92 Å². The normalized spacial score (nSPS) is 11.4. The Morgan fingerprint density at radius 3 is 2.44 bits per heavy atom. The molecule has 0 aliphatic rings. The highest BCUT2D eigenvalue weighted by atomic mass is 19.4. The fraction of sp³-hybridized carbons (Fsp3) is 0.208. The SMILES string of the molecule is Cc1ccc(NC(=O)c2cccc(C(F)(F)F)c2)cc1N(C)c1ncnc2c(N)nc(N(C)C)nc12. The molecule has 0 radical (unpaired) electrons. The second kappa shape index (κ2) is 9.29. The first-order chi connectivity index (χ1) is 17.0. The summed E-state index contributed by atoms with van der Waals surface area (Å²) in [6.45, 7) is 1.88. The molecule has 12 heteroatoms. The molecule has 186 valence electrons. The minimum Gasteiger partial charge on any atom is -0.382 e. The van der Waals surface area contributed by atoms with Crippen molar-refractivity contribution in [3.05, 3.63) is 65.5 Å². The lowest BCUT2D eigenvalue weighted by Crippen LogP contribution is -2.18. The summed E-state index contributed by atoms with van der Waals surface area (Å²) >= 11 is 0. The molecule has 0 bridgehead atoms. The van der Waals surface area contributed by atoms with Crippen molar-refractivity contribution >= 4 is 45.9 Å². The van der Waals surface area contributed by atoms with Crippen LogP contribution < -0.4 is 20.9 Å². The van der Waals surface area contributed by atoms with E-state index in [9.17, 15) is 18.0 Å². The average molecular weight is 496 g/mol. The Labute approximate surface area is 204 Å². The zero-order valence-electron chi connectivity index (χ0n) is 19.9. The first-order valence-corrected chi connectivity index (χ1v) is 10.7. The number of hydrogen-bond acceptors (Lipinski definition) is 8. The van der Waals surface area contributed by atoms with Gasteiger partial charge in [0.2, 0.25) is 5.95 Å². The van der Waals surface area contributed by atoms with Gasteiger partial charge < -0.3 is 20.9 Å². The van der Waals surface area contributed by atoms with Gasteiger partial charge in [0, 0.05) is 38.1 Å². The number of nitrogens with one attached hydrogen (secondary N) is 1. The van der Waals surface area contributed by atoms with Crippen LogP contribution in [0.1, 0.15) is 21.5 Å². The van der Waals surface area contributed by atoms with E-state index in [0.29, 0.717) is 34.2 Å². The van der Waals surface area contributed by atoms with Gasteiger partial charge in [-0.2, -0.15) is 18.2 Å². The van der Waals surface area contributed by atoms with E-state index < -0.39 is 17.6 Å². The zero-order chi connectivity index (χ0) is 26.2. The van der Waals surface area contributed by atoms with E-state index in [-0.39, 0.29) is 11.4 Å². The first kappa shape index (κ1) is 24.6. The van der Waals surface area contributed by atoms with Gasteiger partial charge in [-0.15, -0.1) is 0 Å². The Bertz CT molecular complexity index is 1460. The Hall–Kier alpha value is -4.48. The highest BCUT2D eigenvalue weighted by Crippen LogP contribution is 2.33. The van der Waals surface area contributed by atoms with Gasteiger partial charge in [-0.1, -0.05) is 12.1 Å². The second-order valence-corrected chi connectivity index (χ2v) is 8.29. The molecule has 0 spiro atoms. The summed E-state index contributed by atoms with van der Waals surface area (Å²) in [5, 5.41) is 2.66. The predicted octanol–water partition coefficient (Wildman–Crippen LogP) is 4.42. The van der Waals surface area contributed by atoms with Gasteiger partial charge in [0.25, 0.3) is 5.91 Å². The molecule has 9 nitrogen and oxygen atoms in total. The molecule has 0 aliphatic carbocycles. The highest BCUT2D eigenvalue weighted by molar-refractivity contribution is 6.04. The fourth-order valence-electron chi connectivity index (χ4n) is 3.59. The average Bonchev–Trinajstić information content (AvgIpc) is 2.84. The van der Waals surface area contributed by atoms with E-state index in [1.165, 1.54) is 18.5 Å². The van der Waals surface area contributed by atoms with Crippen LogP contribution in [0.5, 0.6) is 0 Å². The number of halogens is 3. The molecule has 4 rings (SSSR count). The number of nitrogens with two attached hydrogens (primary N) is 1. The number of hydrogen-bond donors (Lipinski definition) is 2. The fourth-order valence-corrected chi connectivity index (χ4v) is 3.59. The van der Waals surface area contributed by atoms with Crippen molar-refractivity contribution < 1.29 is 18.0 Å². The topological polar surface area (TPSA) is 113 Å². The molecule has 2 aromatic carbocycles. The molecule has 36 heavy (non-hydrogen) atoms. The molecule has 0 saturated heterocycles. The van der Waals surface area contributed by atoms with E-state index >= 15 is 0 Å². The maximum atomic E-state index is 13.0. The summed E-state index contributed by atoms with van der Waals surface area (Å²) in [5.74, 6) is 0.395. The number of carbonyl (C=O) groups is 1. The number of aromatic nitrogens is 4. The lowest BCUT2D eigenvalue weighted by Gasteiger charge is -2.23. The molecular formula is C24H23F3N8O. The highest BCUT2D eigenvalue weighted by Gasteiger charge is 2.31. The molecule has 1 amide bonds. The van der Waals surface area contributed by atoms with Crippen LogP contribution in [-0.4, -0.2) is 47.0 Å². The maximum Gasteiger partial charge on any atom is 0.416 e. The molecule has 3 N–H and O–H groups in total. The summed E-state index contributed by atoms with van der Waals surface area (Å²) in [4.78, 5) is 33.6. The predicted molar refractivity (Wildman–Crippen MR) is 133 cm³/mol. The molecule has 2 aromatic heterocycles. The molecule has 0 unspecified atom stereocenters. The molecule has 0 aliphatic heterocycles. The number of anilines is 5. The first-order valence-electron chi connectivity index (χ1n) is 10.7. The van der Waals surface area contributed by atoms with Gasteiger partial charge in [0.15, 0.2) is 11.6 Å². The number of fused-ring (bicyclic) bond motifs is 1. The van der Waals surface area contributed by atoms with Crippen molar-refractivity contribution in [2.24, 2.45) is 0 Å². The zero-order valence-corrected chi connectivity index (χ0v) is 19.9. The Morgan fingerprint density at radius 1 is 1.00 bits per heavy atom. The summed E-state index contributed by atoms with van der Waals surface area (Å²) in [6, 6.07) is 9.40. The van der Waals surface area contributed by atoms with Crippen molar-refractivity contribution in [2.75, 3.05) is 42.0 Å². The number of rotatable bonds is 5. The summed E-state index contributed by atoms with van der Waals surface area (Å²) in [6.07, 6.45) is -3.19. The molecule has 0 saturated carbocycles. The van der Waals surface area contributed by atoms with Crippen molar-refractivity contribution in [1.82, 2.24) is 19.9 Å². The largest absolute Gasteiger partial charge is 0.416 e. The number of amides is 1. The number of nitrogens with zero attached hydrogens (tertiary/aromatic N) is 6. The number of nitrogen functional groups attached to an aromatic ring is 1. The summed E-state index contributed by atoms with van der Waals surface area (Å²) < 4.78 is 39.1. The third-order valence-corrected chi connectivity index (χ3v) is 5.48. The van der Waals surface area contributed by atoms with Crippen LogP contribution in [0, 0.1) is 6.92 Å². The van der Waals surface area contributed by atoms with Crippen molar-refractivity contribution in [1.29, 1.82) is 0 Å². The monoisotopic (exact) mass is 496 g/mol. The van der Waals surface area contributed by atoms with Crippen LogP contribution in [0.2, 0.25) is 0 Å². The minimum absolute atomic E-state index is 0.106. The number of aryl methyl sites for hydroxylation is 1. The van der Waals surface area contributed by atoms with E-state index in [4.69, 9.17) is 5.73 Å². The van der Waals surface area contributed by atoms with Gasteiger partial charge in [-0.25, -0.2) is 15.0 Å². The number of benzene rings is 2. The minimum atomic E-state index is -4.55. The van der Waals surface area contributed by atoms with Crippen LogP contribution in [0.4, 0.5) is 42.1 Å². The van der Waals surface area contributed by atoms with Crippen LogP contribution in [-0.2, 0) is 6.18 Å². The third kappa shape index (κ3) is 4.83. The smallest absolute Gasteiger partial charge is 0.382 e. The van der Waals surface area contributed by atoms with E-state index in [1.54, 1.807) is 49.1 Å². The molecule has 0 atom stereocenters. The van der Waals surface area contributed by atoms with Crippen molar-refractivity contribution in [2.45, 2.75) is 13.1 Å². The number of carbonyl (C=O) groups excluding carboxylic acids is 1. The van der Waals surface area contributed by atoms with Gasteiger partial charge in [-0.05, 0) is 42.8 Å². The lowest BCUT2D eigenvalue weighted by molar-refractivity contribution is -0.137. The Balaban J connectivity index is 1.69. The van der Waals surface area contributed by atoms with Gasteiger partial charge >= 0.3 is 6.18 Å². The Morgan fingerprint density at radius 2 is 1.75 bits per heavy atom. The van der Waals surface area contributed by atoms with Crippen molar-refractivity contribution in [3.63, 3.8) is 0 Å². The molecule has 0 fully saturated rings. The molecule has 4 aromatic rings. The molecular weight excluding hydrogens is 473 g/mol. The lowest BCUT2D eigenvalue weighted by atomic mass is 10.1. The standard InChI is InChI=1S/C24H23F3N8O/c1-13-8-9-16(31-22(36)14-6-5-7-15(10-14)24(25,26)27)11-17(13)35(4)21-19-18(29-12-30-21)20(28)33-23(32-19)34(2)3/h5-12H,1-4H3,(H,31,36)(H2,28,32,33). The number of alkyl halides is 3. The van der Waals surface area contributed by atoms with Crippen molar-refractivity contribution in [3.8, 4) is 0 Å².